The van der Waals surface area contributed by atoms with Crippen molar-refractivity contribution in [3.63, 3.8) is 0 Å². The fourth-order valence-electron chi connectivity index (χ4n) is 2.82. The van der Waals surface area contributed by atoms with E-state index in [9.17, 15) is 0 Å². The van der Waals surface area contributed by atoms with Crippen molar-refractivity contribution in [3.8, 4) is 22.9 Å². The lowest BCUT2D eigenvalue weighted by Crippen LogP contribution is -1.79. The van der Waals surface area contributed by atoms with Gasteiger partial charge in [-0.15, -0.1) is 0 Å². The molecule has 0 spiro atoms. The van der Waals surface area contributed by atoms with E-state index in [4.69, 9.17) is 4.42 Å². The number of aromatic nitrogens is 2. The van der Waals surface area contributed by atoms with Crippen molar-refractivity contribution in [1.82, 2.24) is 9.97 Å². The molecule has 4 rings (SSSR count). The number of imidazole rings is 1. The Morgan fingerprint density at radius 1 is 0.957 bits per heavy atom. The number of aryl methyl sites for hydroxylation is 2. The van der Waals surface area contributed by atoms with Gasteiger partial charge >= 0.3 is 0 Å². The van der Waals surface area contributed by atoms with E-state index in [2.05, 4.69) is 51.9 Å². The SMILES string of the molecule is Cc1cc(C)c2nc(-c3ccc(-c4ccc(Br)cc4)o3)[nH]c2c1. The highest BCUT2D eigenvalue weighted by molar-refractivity contribution is 9.10. The molecule has 2 heterocycles. The molecule has 4 aromatic rings. The summed E-state index contributed by atoms with van der Waals surface area (Å²) < 4.78 is 7.04. The molecule has 1 N–H and O–H groups in total. The molecular weight excluding hydrogens is 352 g/mol. The summed E-state index contributed by atoms with van der Waals surface area (Å²) in [5.41, 5.74) is 5.47. The van der Waals surface area contributed by atoms with Gasteiger partial charge in [-0.3, -0.25) is 0 Å². The molecule has 0 amide bonds. The first-order chi connectivity index (χ1) is 11.1. The number of rotatable bonds is 2. The van der Waals surface area contributed by atoms with Crippen molar-refractivity contribution < 1.29 is 4.42 Å². The minimum absolute atomic E-state index is 0.746. The van der Waals surface area contributed by atoms with Crippen LogP contribution in [0, 0.1) is 13.8 Å². The first-order valence-electron chi connectivity index (χ1n) is 7.43. The molecule has 0 aliphatic carbocycles. The van der Waals surface area contributed by atoms with Gasteiger partial charge in [0.05, 0.1) is 11.0 Å². The molecule has 114 valence electrons. The normalized spacial score (nSPS) is 11.3. The maximum absolute atomic E-state index is 5.99. The van der Waals surface area contributed by atoms with Crippen molar-refractivity contribution in [3.05, 3.63) is 64.1 Å². The minimum Gasteiger partial charge on any atom is -0.453 e. The predicted octanol–water partition coefficient (Wildman–Crippen LogP) is 5.87. The third-order valence-electron chi connectivity index (χ3n) is 3.89. The highest BCUT2D eigenvalue weighted by Crippen LogP contribution is 2.29. The van der Waals surface area contributed by atoms with Crippen LogP contribution in [0.15, 0.2) is 57.4 Å². The smallest absolute Gasteiger partial charge is 0.174 e. The maximum atomic E-state index is 5.99. The van der Waals surface area contributed by atoms with E-state index < -0.39 is 0 Å². The zero-order chi connectivity index (χ0) is 16.0. The van der Waals surface area contributed by atoms with Crippen LogP contribution in [-0.2, 0) is 0 Å². The Morgan fingerprint density at radius 2 is 1.70 bits per heavy atom. The van der Waals surface area contributed by atoms with Crippen molar-refractivity contribution in [2.45, 2.75) is 13.8 Å². The number of furan rings is 1. The second kappa shape index (κ2) is 5.39. The van der Waals surface area contributed by atoms with Crippen molar-refractivity contribution in [2.24, 2.45) is 0 Å². The van der Waals surface area contributed by atoms with Gasteiger partial charge in [0.15, 0.2) is 11.6 Å². The van der Waals surface area contributed by atoms with E-state index in [-0.39, 0.29) is 0 Å². The molecule has 2 aromatic carbocycles. The molecule has 0 aliphatic heterocycles. The van der Waals surface area contributed by atoms with Gasteiger partial charge in [-0.2, -0.15) is 0 Å². The number of nitrogens with one attached hydrogen (secondary N) is 1. The van der Waals surface area contributed by atoms with Gasteiger partial charge in [-0.05, 0) is 55.3 Å². The number of H-pyrrole nitrogens is 1. The van der Waals surface area contributed by atoms with Gasteiger partial charge in [0.2, 0.25) is 0 Å². The fourth-order valence-corrected chi connectivity index (χ4v) is 3.09. The molecule has 0 saturated carbocycles. The second-order valence-electron chi connectivity index (χ2n) is 5.73. The third-order valence-corrected chi connectivity index (χ3v) is 4.42. The lowest BCUT2D eigenvalue weighted by atomic mass is 10.1. The van der Waals surface area contributed by atoms with Crippen LogP contribution in [0.5, 0.6) is 0 Å². The van der Waals surface area contributed by atoms with Crippen LogP contribution in [-0.4, -0.2) is 9.97 Å². The van der Waals surface area contributed by atoms with Crippen LogP contribution >= 0.6 is 15.9 Å². The Balaban J connectivity index is 1.77. The predicted molar refractivity (Wildman–Crippen MR) is 96.4 cm³/mol. The first-order valence-corrected chi connectivity index (χ1v) is 8.22. The van der Waals surface area contributed by atoms with Gasteiger partial charge < -0.3 is 9.40 Å². The molecule has 3 nitrogen and oxygen atoms in total. The number of nitrogens with zero attached hydrogens (tertiary/aromatic N) is 1. The number of hydrogen-bond donors (Lipinski definition) is 1. The molecule has 0 radical (unpaired) electrons. The Kier molecular flexibility index (Phi) is 3.34. The molecule has 4 heteroatoms. The highest BCUT2D eigenvalue weighted by atomic mass is 79.9. The summed E-state index contributed by atoms with van der Waals surface area (Å²) in [6, 6.07) is 16.2. The minimum atomic E-state index is 0.746. The topological polar surface area (TPSA) is 41.8 Å². The summed E-state index contributed by atoms with van der Waals surface area (Å²) in [4.78, 5) is 8.04. The summed E-state index contributed by atoms with van der Waals surface area (Å²) in [6.07, 6.45) is 0. The van der Waals surface area contributed by atoms with E-state index in [0.717, 1.165) is 38.4 Å². The molecule has 2 aromatic heterocycles. The van der Waals surface area contributed by atoms with E-state index in [1.807, 2.05) is 36.4 Å². The maximum Gasteiger partial charge on any atom is 0.174 e. The van der Waals surface area contributed by atoms with Crippen LogP contribution < -0.4 is 0 Å². The van der Waals surface area contributed by atoms with Gasteiger partial charge in [0.1, 0.15) is 5.76 Å². The Bertz CT molecular complexity index is 996. The van der Waals surface area contributed by atoms with E-state index in [1.165, 1.54) is 11.1 Å². The van der Waals surface area contributed by atoms with Crippen LogP contribution in [0.4, 0.5) is 0 Å². The molecule has 23 heavy (non-hydrogen) atoms. The van der Waals surface area contributed by atoms with Gasteiger partial charge in [-0.25, -0.2) is 4.98 Å². The molecule has 0 atom stereocenters. The summed E-state index contributed by atoms with van der Waals surface area (Å²) in [7, 11) is 0. The number of hydrogen-bond acceptors (Lipinski definition) is 2. The Hall–Kier alpha value is -2.33. The van der Waals surface area contributed by atoms with Crippen LogP contribution in [0.1, 0.15) is 11.1 Å². The summed E-state index contributed by atoms with van der Waals surface area (Å²) in [5.74, 6) is 2.34. The molecular formula is C19H15BrN2O. The molecule has 0 fully saturated rings. The Morgan fingerprint density at radius 3 is 2.48 bits per heavy atom. The quantitative estimate of drug-likeness (QED) is 0.481. The molecule has 0 aliphatic rings. The molecule has 0 unspecified atom stereocenters. The van der Waals surface area contributed by atoms with E-state index in [1.54, 1.807) is 0 Å². The van der Waals surface area contributed by atoms with Gasteiger partial charge in [0, 0.05) is 10.0 Å². The van der Waals surface area contributed by atoms with Gasteiger partial charge in [-0.1, -0.05) is 34.1 Å². The number of fused-ring (bicyclic) bond motifs is 1. The van der Waals surface area contributed by atoms with E-state index >= 15 is 0 Å². The first kappa shape index (κ1) is 14.3. The lowest BCUT2D eigenvalue weighted by Gasteiger charge is -1.97. The zero-order valence-corrected chi connectivity index (χ0v) is 14.4. The fraction of sp³-hybridized carbons (Fsp3) is 0.105. The average Bonchev–Trinajstić information content (AvgIpc) is 3.14. The molecule has 0 bridgehead atoms. The van der Waals surface area contributed by atoms with Gasteiger partial charge in [0.25, 0.3) is 0 Å². The van der Waals surface area contributed by atoms with E-state index in [0.29, 0.717) is 0 Å². The summed E-state index contributed by atoms with van der Waals surface area (Å²) in [5, 5.41) is 0. The Labute approximate surface area is 142 Å². The van der Waals surface area contributed by atoms with Crippen molar-refractivity contribution >= 4 is 27.0 Å². The number of halogens is 1. The highest BCUT2D eigenvalue weighted by Gasteiger charge is 2.12. The molecule has 0 saturated heterocycles. The lowest BCUT2D eigenvalue weighted by molar-refractivity contribution is 0.593. The summed E-state index contributed by atoms with van der Waals surface area (Å²) in [6.45, 7) is 4.17. The zero-order valence-electron chi connectivity index (χ0n) is 12.9. The van der Waals surface area contributed by atoms with Crippen LogP contribution in [0.3, 0.4) is 0 Å². The van der Waals surface area contributed by atoms with Crippen LogP contribution in [0.25, 0.3) is 33.9 Å². The average molecular weight is 367 g/mol. The van der Waals surface area contributed by atoms with Crippen molar-refractivity contribution in [2.75, 3.05) is 0 Å². The number of aromatic amines is 1. The monoisotopic (exact) mass is 366 g/mol. The third kappa shape index (κ3) is 2.59. The largest absolute Gasteiger partial charge is 0.453 e. The standard InChI is InChI=1S/C19H15BrN2O/c1-11-9-12(2)18-15(10-11)21-19(22-18)17-8-7-16(23-17)13-3-5-14(20)6-4-13/h3-10H,1-2H3,(H,21,22). The van der Waals surface area contributed by atoms with Crippen LogP contribution in [0.2, 0.25) is 0 Å². The number of benzene rings is 2. The second-order valence-corrected chi connectivity index (χ2v) is 6.65. The summed E-state index contributed by atoms with van der Waals surface area (Å²) >= 11 is 3.45. The van der Waals surface area contributed by atoms with Crippen molar-refractivity contribution in [1.29, 1.82) is 0 Å².